The van der Waals surface area contributed by atoms with E-state index in [1.807, 2.05) is 13.8 Å². The minimum Gasteiger partial charge on any atom is -0.478 e. The second-order valence-electron chi connectivity index (χ2n) is 5.74. The van der Waals surface area contributed by atoms with Crippen molar-refractivity contribution in [1.29, 1.82) is 0 Å². The Morgan fingerprint density at radius 2 is 2.05 bits per heavy atom. The summed E-state index contributed by atoms with van der Waals surface area (Å²) in [6, 6.07) is 0. The van der Waals surface area contributed by atoms with Gasteiger partial charge in [0.25, 0.3) is 0 Å². The van der Waals surface area contributed by atoms with Crippen molar-refractivity contribution >= 4 is 5.97 Å². The Kier molecular flexibility index (Phi) is 6.13. The molecule has 6 nitrogen and oxygen atoms in total. The molecule has 0 spiro atoms. The minimum absolute atomic E-state index is 0.223. The van der Waals surface area contributed by atoms with Crippen molar-refractivity contribution in [3.05, 3.63) is 12.2 Å². The van der Waals surface area contributed by atoms with Gasteiger partial charge in [-0.15, -0.1) is 0 Å². The first-order valence-electron chi connectivity index (χ1n) is 6.80. The number of allylic oxidation sites excluding steroid dienone is 1. The largest absolute Gasteiger partial charge is 0.478 e. The highest BCUT2D eigenvalue weighted by Crippen LogP contribution is 2.27. The lowest BCUT2D eigenvalue weighted by Gasteiger charge is -2.39. The van der Waals surface area contributed by atoms with Gasteiger partial charge in [-0.05, 0) is 33.6 Å². The first-order chi connectivity index (χ1) is 9.21. The molecule has 0 aromatic heterocycles. The smallest absolute Gasteiger partial charge is 0.327 e. The van der Waals surface area contributed by atoms with E-state index in [9.17, 15) is 15.0 Å². The quantitative estimate of drug-likeness (QED) is 0.632. The summed E-state index contributed by atoms with van der Waals surface area (Å²) in [5, 5.41) is 27.9. The fourth-order valence-electron chi connectivity index (χ4n) is 2.04. The van der Waals surface area contributed by atoms with E-state index >= 15 is 0 Å². The number of aliphatic carboxylic acids is 1. The van der Waals surface area contributed by atoms with Crippen molar-refractivity contribution in [1.82, 2.24) is 0 Å². The van der Waals surface area contributed by atoms with Crippen LogP contribution in [0.3, 0.4) is 0 Å². The third-order valence-electron chi connectivity index (χ3n) is 3.30. The Labute approximate surface area is 119 Å². The van der Waals surface area contributed by atoms with Crippen LogP contribution in [0.1, 0.15) is 40.0 Å². The third-order valence-corrected chi connectivity index (χ3v) is 3.30. The van der Waals surface area contributed by atoms with Gasteiger partial charge >= 0.3 is 5.97 Å². The molecular formula is C14H24O6. The molecule has 1 saturated heterocycles. The highest BCUT2D eigenvalue weighted by molar-refractivity contribution is 5.79. The van der Waals surface area contributed by atoms with Crippen LogP contribution in [0.4, 0.5) is 0 Å². The zero-order chi connectivity index (χ0) is 15.3. The maximum atomic E-state index is 10.4. The van der Waals surface area contributed by atoms with Crippen LogP contribution in [0.15, 0.2) is 12.2 Å². The van der Waals surface area contributed by atoms with Gasteiger partial charge in [0.05, 0.1) is 17.8 Å². The monoisotopic (exact) mass is 288 g/mol. The molecule has 1 fully saturated rings. The van der Waals surface area contributed by atoms with Gasteiger partial charge < -0.3 is 24.8 Å². The summed E-state index contributed by atoms with van der Waals surface area (Å²) >= 11 is 0. The molecule has 0 unspecified atom stereocenters. The number of aliphatic hydroxyl groups excluding tert-OH is 2. The first kappa shape index (κ1) is 17.1. The van der Waals surface area contributed by atoms with Crippen LogP contribution in [-0.2, 0) is 14.3 Å². The number of ether oxygens (including phenoxy) is 2. The summed E-state index contributed by atoms with van der Waals surface area (Å²) in [6.45, 7) is 5.44. The van der Waals surface area contributed by atoms with Crippen molar-refractivity contribution in [2.45, 2.75) is 70.2 Å². The summed E-state index contributed by atoms with van der Waals surface area (Å²) in [4.78, 5) is 10.4. The van der Waals surface area contributed by atoms with E-state index in [2.05, 4.69) is 0 Å². The maximum Gasteiger partial charge on any atom is 0.327 e. The number of hydrogen-bond acceptors (Lipinski definition) is 5. The average Bonchev–Trinajstić information content (AvgIpc) is 2.31. The van der Waals surface area contributed by atoms with E-state index in [0.29, 0.717) is 12.8 Å². The summed E-state index contributed by atoms with van der Waals surface area (Å²) in [5.74, 6) is -0.974. The van der Waals surface area contributed by atoms with Gasteiger partial charge in [-0.3, -0.25) is 0 Å². The van der Waals surface area contributed by atoms with E-state index in [4.69, 9.17) is 14.6 Å². The van der Waals surface area contributed by atoms with Crippen molar-refractivity contribution in [2.24, 2.45) is 0 Å². The van der Waals surface area contributed by atoms with Crippen LogP contribution in [-0.4, -0.2) is 51.5 Å². The second kappa shape index (κ2) is 7.17. The molecule has 4 atom stereocenters. The van der Waals surface area contributed by atoms with Crippen LogP contribution in [0.25, 0.3) is 0 Å². The molecule has 6 heteroatoms. The van der Waals surface area contributed by atoms with Crippen molar-refractivity contribution in [3.8, 4) is 0 Å². The SMILES string of the molecule is C[C@@H]1O[C@@H](OC(C)(C)CCC=CC(=O)O)[C@H](O)C[C@H]1O. The highest BCUT2D eigenvalue weighted by Gasteiger charge is 2.37. The Balaban J connectivity index is 2.46. The molecule has 0 aliphatic carbocycles. The molecule has 1 rings (SSSR count). The average molecular weight is 288 g/mol. The van der Waals surface area contributed by atoms with Gasteiger partial charge in [-0.1, -0.05) is 6.08 Å². The van der Waals surface area contributed by atoms with E-state index in [0.717, 1.165) is 6.08 Å². The number of carboxylic acids is 1. The molecule has 0 aromatic rings. The number of rotatable bonds is 6. The summed E-state index contributed by atoms with van der Waals surface area (Å²) in [7, 11) is 0. The van der Waals surface area contributed by atoms with Gasteiger partial charge in [-0.25, -0.2) is 4.79 Å². The number of aliphatic hydroxyl groups is 2. The topological polar surface area (TPSA) is 96.2 Å². The Morgan fingerprint density at radius 3 is 2.65 bits per heavy atom. The van der Waals surface area contributed by atoms with Crippen LogP contribution in [0.2, 0.25) is 0 Å². The van der Waals surface area contributed by atoms with Gasteiger partial charge in [0.1, 0.15) is 6.10 Å². The molecule has 1 heterocycles. The van der Waals surface area contributed by atoms with Crippen molar-refractivity contribution < 1.29 is 29.6 Å². The number of carboxylic acid groups (broad SMARTS) is 1. The van der Waals surface area contributed by atoms with Gasteiger partial charge in [0.15, 0.2) is 6.29 Å². The van der Waals surface area contributed by atoms with E-state index in [1.165, 1.54) is 0 Å². The highest BCUT2D eigenvalue weighted by atomic mass is 16.7. The summed E-state index contributed by atoms with van der Waals surface area (Å²) < 4.78 is 11.2. The minimum atomic E-state index is -0.974. The predicted molar refractivity (Wildman–Crippen MR) is 72.1 cm³/mol. The molecular weight excluding hydrogens is 264 g/mol. The van der Waals surface area contributed by atoms with Gasteiger partial charge in [0, 0.05) is 12.5 Å². The summed E-state index contributed by atoms with van der Waals surface area (Å²) in [6.07, 6.45) is 1.33. The van der Waals surface area contributed by atoms with Crippen LogP contribution in [0, 0.1) is 0 Å². The first-order valence-corrected chi connectivity index (χ1v) is 6.80. The lowest BCUT2D eigenvalue weighted by Crippen LogP contribution is -2.49. The maximum absolute atomic E-state index is 10.4. The van der Waals surface area contributed by atoms with Crippen LogP contribution >= 0.6 is 0 Å². The molecule has 1 aliphatic heterocycles. The van der Waals surface area contributed by atoms with E-state index in [1.54, 1.807) is 13.0 Å². The Morgan fingerprint density at radius 1 is 1.40 bits per heavy atom. The number of carbonyl (C=O) groups is 1. The zero-order valence-corrected chi connectivity index (χ0v) is 12.2. The Hall–Kier alpha value is -0.950. The molecule has 20 heavy (non-hydrogen) atoms. The molecule has 0 radical (unpaired) electrons. The third kappa shape index (κ3) is 5.58. The molecule has 116 valence electrons. The van der Waals surface area contributed by atoms with Gasteiger partial charge in [-0.2, -0.15) is 0 Å². The lowest BCUT2D eigenvalue weighted by molar-refractivity contribution is -0.291. The van der Waals surface area contributed by atoms with Gasteiger partial charge in [0.2, 0.25) is 0 Å². The second-order valence-corrected chi connectivity index (χ2v) is 5.74. The van der Waals surface area contributed by atoms with Crippen molar-refractivity contribution in [3.63, 3.8) is 0 Å². The van der Waals surface area contributed by atoms with E-state index < -0.39 is 30.1 Å². The molecule has 3 N–H and O–H groups in total. The molecule has 1 aliphatic rings. The normalized spacial score (nSPS) is 31.6. The molecule has 0 aromatic carbocycles. The standard InChI is InChI=1S/C14H24O6/c1-9-10(15)8-11(16)13(19-9)20-14(2,3)7-5-4-6-12(17)18/h4,6,9-11,13,15-16H,5,7-8H2,1-3H3,(H,17,18)/t9-,10+,11+,13-/m0/s1. The predicted octanol–water partition coefficient (Wildman–Crippen LogP) is 1.06. The molecule has 0 amide bonds. The van der Waals surface area contributed by atoms with Crippen LogP contribution in [0.5, 0.6) is 0 Å². The Bertz CT molecular complexity index is 352. The fourth-order valence-corrected chi connectivity index (χ4v) is 2.04. The number of hydrogen-bond donors (Lipinski definition) is 3. The van der Waals surface area contributed by atoms with Crippen molar-refractivity contribution in [2.75, 3.05) is 0 Å². The lowest BCUT2D eigenvalue weighted by atomic mass is 10.0. The van der Waals surface area contributed by atoms with Crippen LogP contribution < -0.4 is 0 Å². The zero-order valence-electron chi connectivity index (χ0n) is 12.2. The van der Waals surface area contributed by atoms with E-state index in [-0.39, 0.29) is 12.5 Å². The molecule has 0 saturated carbocycles. The fraction of sp³-hybridized carbons (Fsp3) is 0.786. The molecule has 0 bridgehead atoms. The summed E-state index contributed by atoms with van der Waals surface area (Å²) in [5.41, 5.74) is -0.559.